The molecule has 1 unspecified atom stereocenters. The maximum Gasteiger partial charge on any atom is 1.00 e. The summed E-state index contributed by atoms with van der Waals surface area (Å²) in [6.07, 6.45) is 11.2. The van der Waals surface area contributed by atoms with Crippen LogP contribution in [0, 0.1) is 5.92 Å². The first-order valence-electron chi connectivity index (χ1n) is 8.49. The van der Waals surface area contributed by atoms with E-state index in [1.54, 1.807) is 13.8 Å². The zero-order valence-corrected chi connectivity index (χ0v) is 17.0. The minimum atomic E-state index is -1.20. The number of hydrogen-bond acceptors (Lipinski definition) is 3. The monoisotopic (exact) mass is 321 g/mol. The SMILES string of the molecule is CCCCCCCCCCCC(=O)NC(C(=O)[O-])C(C)C.[Na+]. The van der Waals surface area contributed by atoms with Gasteiger partial charge in [0.05, 0.1) is 12.0 Å². The summed E-state index contributed by atoms with van der Waals surface area (Å²) in [6.45, 7) is 5.74. The van der Waals surface area contributed by atoms with E-state index in [0.717, 1.165) is 19.3 Å². The predicted molar refractivity (Wildman–Crippen MR) is 83.6 cm³/mol. The molecule has 0 aliphatic heterocycles. The number of carboxylic acids is 1. The van der Waals surface area contributed by atoms with E-state index in [0.29, 0.717) is 6.42 Å². The first kappa shape index (κ1) is 24.2. The van der Waals surface area contributed by atoms with Gasteiger partial charge in [-0.3, -0.25) is 4.79 Å². The molecule has 22 heavy (non-hydrogen) atoms. The van der Waals surface area contributed by atoms with Crippen molar-refractivity contribution in [2.24, 2.45) is 5.92 Å². The van der Waals surface area contributed by atoms with Crippen LogP contribution in [-0.4, -0.2) is 17.9 Å². The topological polar surface area (TPSA) is 69.2 Å². The second-order valence-electron chi connectivity index (χ2n) is 6.19. The smallest absolute Gasteiger partial charge is 0.548 e. The molecular formula is C17H32NNaO3. The van der Waals surface area contributed by atoms with Gasteiger partial charge in [-0.05, 0) is 12.3 Å². The van der Waals surface area contributed by atoms with Crippen molar-refractivity contribution in [1.29, 1.82) is 0 Å². The predicted octanol–water partition coefficient (Wildman–Crippen LogP) is -0.198. The third kappa shape index (κ3) is 13.6. The number of nitrogens with one attached hydrogen (secondary N) is 1. The maximum absolute atomic E-state index is 11.7. The summed E-state index contributed by atoms with van der Waals surface area (Å²) in [5.41, 5.74) is 0. The Kier molecular flexibility index (Phi) is 17.4. The van der Waals surface area contributed by atoms with Crippen molar-refractivity contribution in [3.05, 3.63) is 0 Å². The molecule has 5 heteroatoms. The third-order valence-corrected chi connectivity index (χ3v) is 3.74. The van der Waals surface area contributed by atoms with Gasteiger partial charge in [-0.15, -0.1) is 0 Å². The minimum Gasteiger partial charge on any atom is -0.548 e. The van der Waals surface area contributed by atoms with Crippen LogP contribution < -0.4 is 40.0 Å². The van der Waals surface area contributed by atoms with Crippen LogP contribution in [0.1, 0.15) is 85.0 Å². The second kappa shape index (κ2) is 15.8. The summed E-state index contributed by atoms with van der Waals surface area (Å²) >= 11 is 0. The second-order valence-corrected chi connectivity index (χ2v) is 6.19. The fourth-order valence-electron chi connectivity index (χ4n) is 2.34. The van der Waals surface area contributed by atoms with E-state index < -0.39 is 12.0 Å². The molecule has 124 valence electrons. The standard InChI is InChI=1S/C17H33NO3.Na/c1-4-5-6-7-8-9-10-11-12-13-15(19)18-16(14(2)3)17(20)21;/h14,16H,4-13H2,1-3H3,(H,18,19)(H,20,21);/q;+1/p-1. The Hall–Kier alpha value is -0.0600. The summed E-state index contributed by atoms with van der Waals surface area (Å²) in [7, 11) is 0. The van der Waals surface area contributed by atoms with Crippen molar-refractivity contribution < 1.29 is 44.3 Å². The Morgan fingerprint density at radius 2 is 1.36 bits per heavy atom. The molecule has 4 nitrogen and oxygen atoms in total. The molecule has 0 radical (unpaired) electrons. The Morgan fingerprint density at radius 3 is 1.77 bits per heavy atom. The number of carbonyl (C=O) groups is 2. The molecule has 0 aliphatic carbocycles. The summed E-state index contributed by atoms with van der Waals surface area (Å²) in [4.78, 5) is 22.5. The number of carbonyl (C=O) groups excluding carboxylic acids is 2. The van der Waals surface area contributed by atoms with Crippen molar-refractivity contribution in [3.8, 4) is 0 Å². The van der Waals surface area contributed by atoms with E-state index in [1.807, 2.05) is 0 Å². The first-order valence-corrected chi connectivity index (χ1v) is 8.49. The van der Waals surface area contributed by atoms with E-state index in [1.165, 1.54) is 38.5 Å². The molecule has 0 rings (SSSR count). The van der Waals surface area contributed by atoms with Crippen molar-refractivity contribution in [3.63, 3.8) is 0 Å². The maximum atomic E-state index is 11.7. The van der Waals surface area contributed by atoms with Gasteiger partial charge in [0.25, 0.3) is 0 Å². The fraction of sp³-hybridized carbons (Fsp3) is 0.882. The van der Waals surface area contributed by atoms with E-state index in [2.05, 4.69) is 12.2 Å². The molecule has 1 atom stereocenters. The number of unbranched alkanes of at least 4 members (excludes halogenated alkanes) is 8. The van der Waals surface area contributed by atoms with Gasteiger partial charge in [0.1, 0.15) is 0 Å². The molecule has 0 bridgehead atoms. The molecule has 0 aliphatic rings. The van der Waals surface area contributed by atoms with Crippen LogP contribution in [0.25, 0.3) is 0 Å². The average Bonchev–Trinajstić information content (AvgIpc) is 2.42. The zero-order valence-electron chi connectivity index (χ0n) is 15.0. The molecule has 0 saturated heterocycles. The molecule has 0 fully saturated rings. The quantitative estimate of drug-likeness (QED) is 0.377. The molecule has 0 spiro atoms. The van der Waals surface area contributed by atoms with Gasteiger partial charge in [0, 0.05) is 6.42 Å². The molecule has 0 aromatic carbocycles. The van der Waals surface area contributed by atoms with Crippen LogP contribution in [-0.2, 0) is 9.59 Å². The van der Waals surface area contributed by atoms with Gasteiger partial charge in [-0.1, -0.05) is 72.1 Å². The number of aliphatic carboxylic acids is 1. The summed E-state index contributed by atoms with van der Waals surface area (Å²) < 4.78 is 0. The van der Waals surface area contributed by atoms with Gasteiger partial charge in [0.2, 0.25) is 5.91 Å². The van der Waals surface area contributed by atoms with E-state index >= 15 is 0 Å². The van der Waals surface area contributed by atoms with Crippen LogP contribution in [0.3, 0.4) is 0 Å². The van der Waals surface area contributed by atoms with Gasteiger partial charge >= 0.3 is 29.6 Å². The molecular weight excluding hydrogens is 289 g/mol. The van der Waals surface area contributed by atoms with Gasteiger partial charge in [-0.25, -0.2) is 0 Å². The van der Waals surface area contributed by atoms with Crippen LogP contribution in [0.5, 0.6) is 0 Å². The summed E-state index contributed by atoms with van der Waals surface area (Å²) in [6, 6.07) is -0.879. The first-order chi connectivity index (χ1) is 9.99. The van der Waals surface area contributed by atoms with Crippen LogP contribution in [0.15, 0.2) is 0 Å². The number of rotatable bonds is 13. The molecule has 0 heterocycles. The molecule has 0 aromatic heterocycles. The molecule has 0 aromatic rings. The largest absolute Gasteiger partial charge is 1.00 e. The summed E-state index contributed by atoms with van der Waals surface area (Å²) in [5.74, 6) is -1.53. The van der Waals surface area contributed by atoms with Gasteiger partial charge in [0.15, 0.2) is 0 Å². The molecule has 1 amide bonds. The Morgan fingerprint density at radius 1 is 0.909 bits per heavy atom. The van der Waals surface area contributed by atoms with Gasteiger partial charge in [-0.2, -0.15) is 0 Å². The van der Waals surface area contributed by atoms with Crippen molar-refractivity contribution in [2.45, 2.75) is 91.0 Å². The normalized spacial score (nSPS) is 11.8. The molecule has 1 N–H and O–H groups in total. The number of carboxylic acid groups (broad SMARTS) is 1. The zero-order chi connectivity index (χ0) is 16.1. The van der Waals surface area contributed by atoms with Crippen LogP contribution in [0.2, 0.25) is 0 Å². The van der Waals surface area contributed by atoms with E-state index in [4.69, 9.17) is 0 Å². The van der Waals surface area contributed by atoms with Crippen molar-refractivity contribution >= 4 is 11.9 Å². The number of hydrogen-bond donors (Lipinski definition) is 1. The van der Waals surface area contributed by atoms with Crippen LogP contribution in [0.4, 0.5) is 0 Å². The minimum absolute atomic E-state index is 0. The van der Waals surface area contributed by atoms with Gasteiger partial charge < -0.3 is 15.2 Å². The van der Waals surface area contributed by atoms with Crippen molar-refractivity contribution in [2.75, 3.05) is 0 Å². The van der Waals surface area contributed by atoms with E-state index in [9.17, 15) is 14.7 Å². The average molecular weight is 321 g/mol. The molecule has 0 saturated carbocycles. The number of amides is 1. The fourth-order valence-corrected chi connectivity index (χ4v) is 2.34. The Bertz CT molecular complexity index is 296. The third-order valence-electron chi connectivity index (χ3n) is 3.74. The Labute approximate surface area is 158 Å². The van der Waals surface area contributed by atoms with Crippen molar-refractivity contribution in [1.82, 2.24) is 5.32 Å². The Balaban J connectivity index is 0. The van der Waals surface area contributed by atoms with Crippen LogP contribution >= 0.6 is 0 Å². The van der Waals surface area contributed by atoms with E-state index in [-0.39, 0.29) is 41.4 Å². The summed E-state index contributed by atoms with van der Waals surface area (Å²) in [5, 5.41) is 13.4.